The van der Waals surface area contributed by atoms with E-state index in [4.69, 9.17) is 16.3 Å². The molecule has 2 heterocycles. The highest BCUT2D eigenvalue weighted by Gasteiger charge is 2.19. The summed E-state index contributed by atoms with van der Waals surface area (Å²) in [5.41, 5.74) is 0. The molecule has 1 unspecified atom stereocenters. The lowest BCUT2D eigenvalue weighted by Crippen LogP contribution is -2.28. The van der Waals surface area contributed by atoms with Gasteiger partial charge in [-0.1, -0.05) is 17.7 Å². The quantitative estimate of drug-likeness (QED) is 0.591. The molecular weight excluding hydrogens is 414 g/mol. The first-order valence-corrected chi connectivity index (χ1v) is 11.1. The maximum Gasteiger partial charge on any atom is 0.240 e. The van der Waals surface area contributed by atoms with Crippen molar-refractivity contribution in [3.8, 4) is 15.5 Å². The molecule has 0 aliphatic rings. The SMILES string of the molecule is COc1ccc(S(=O)(=O)NCC(O)c2ccc(-c3cccs3)s2)cc1Cl. The first-order chi connectivity index (χ1) is 12.4. The summed E-state index contributed by atoms with van der Waals surface area (Å²) < 4.78 is 32.2. The van der Waals surface area contributed by atoms with Gasteiger partial charge < -0.3 is 9.84 Å². The third kappa shape index (κ3) is 4.28. The van der Waals surface area contributed by atoms with Gasteiger partial charge in [-0.05, 0) is 41.8 Å². The average Bonchev–Trinajstić information content (AvgIpc) is 3.30. The minimum atomic E-state index is -3.79. The van der Waals surface area contributed by atoms with E-state index in [0.29, 0.717) is 10.6 Å². The Balaban J connectivity index is 1.68. The van der Waals surface area contributed by atoms with Crippen molar-refractivity contribution >= 4 is 44.3 Å². The van der Waals surface area contributed by atoms with Crippen LogP contribution >= 0.6 is 34.3 Å². The van der Waals surface area contributed by atoms with Crippen LogP contribution in [-0.2, 0) is 10.0 Å². The lowest BCUT2D eigenvalue weighted by atomic mass is 10.3. The number of hydrogen-bond donors (Lipinski definition) is 2. The van der Waals surface area contributed by atoms with Crippen LogP contribution in [0.15, 0.2) is 52.7 Å². The molecule has 5 nitrogen and oxygen atoms in total. The predicted molar refractivity (Wildman–Crippen MR) is 106 cm³/mol. The van der Waals surface area contributed by atoms with Crippen molar-refractivity contribution in [2.75, 3.05) is 13.7 Å². The summed E-state index contributed by atoms with van der Waals surface area (Å²) >= 11 is 9.04. The van der Waals surface area contributed by atoms with Crippen LogP contribution in [0.3, 0.4) is 0 Å². The largest absolute Gasteiger partial charge is 0.495 e. The molecule has 0 aliphatic heterocycles. The Hall–Kier alpha value is -1.42. The van der Waals surface area contributed by atoms with Crippen molar-refractivity contribution in [3.05, 3.63) is 57.7 Å². The average molecular weight is 430 g/mol. The monoisotopic (exact) mass is 429 g/mol. The Labute approximate surface area is 164 Å². The molecule has 3 aromatic rings. The minimum absolute atomic E-state index is 0.0148. The van der Waals surface area contributed by atoms with Crippen molar-refractivity contribution in [2.45, 2.75) is 11.0 Å². The molecule has 2 N–H and O–H groups in total. The zero-order valence-corrected chi connectivity index (χ0v) is 16.9. The molecule has 1 atom stereocenters. The lowest BCUT2D eigenvalue weighted by Gasteiger charge is -2.12. The Bertz CT molecular complexity index is 983. The minimum Gasteiger partial charge on any atom is -0.495 e. The molecule has 0 saturated heterocycles. The molecule has 138 valence electrons. The number of benzene rings is 1. The molecule has 0 radical (unpaired) electrons. The summed E-state index contributed by atoms with van der Waals surface area (Å²) in [5, 5.41) is 12.5. The lowest BCUT2D eigenvalue weighted by molar-refractivity contribution is 0.186. The van der Waals surface area contributed by atoms with Gasteiger partial charge in [-0.2, -0.15) is 0 Å². The number of sulfonamides is 1. The Morgan fingerprint density at radius 2 is 2.04 bits per heavy atom. The van der Waals surface area contributed by atoms with Gasteiger partial charge in [-0.15, -0.1) is 22.7 Å². The van der Waals surface area contributed by atoms with E-state index in [9.17, 15) is 13.5 Å². The number of aliphatic hydroxyl groups is 1. The number of halogens is 1. The van der Waals surface area contributed by atoms with E-state index in [1.807, 2.05) is 29.6 Å². The first kappa shape index (κ1) is 19.3. The van der Waals surface area contributed by atoms with Crippen LogP contribution < -0.4 is 9.46 Å². The van der Waals surface area contributed by atoms with Crippen molar-refractivity contribution in [2.24, 2.45) is 0 Å². The second-order valence-electron chi connectivity index (χ2n) is 5.34. The molecule has 1 aromatic carbocycles. The van der Waals surface area contributed by atoms with Gasteiger partial charge >= 0.3 is 0 Å². The van der Waals surface area contributed by atoms with Crippen LogP contribution in [0, 0.1) is 0 Å². The van der Waals surface area contributed by atoms with Gasteiger partial charge in [-0.25, -0.2) is 13.1 Å². The van der Waals surface area contributed by atoms with E-state index >= 15 is 0 Å². The predicted octanol–water partition coefficient (Wildman–Crippen LogP) is 4.15. The smallest absolute Gasteiger partial charge is 0.240 e. The van der Waals surface area contributed by atoms with Gasteiger partial charge in [0.1, 0.15) is 11.9 Å². The van der Waals surface area contributed by atoms with Crippen LogP contribution in [0.4, 0.5) is 0 Å². The third-order valence-corrected chi connectivity index (χ3v) is 7.59. The molecule has 0 amide bonds. The Kier molecular flexibility index (Phi) is 6.01. The van der Waals surface area contributed by atoms with E-state index in [2.05, 4.69) is 4.72 Å². The van der Waals surface area contributed by atoms with Gasteiger partial charge in [0.15, 0.2) is 0 Å². The normalized spacial score (nSPS) is 12.9. The van der Waals surface area contributed by atoms with Crippen LogP contribution in [0.2, 0.25) is 5.02 Å². The Morgan fingerprint density at radius 3 is 2.69 bits per heavy atom. The van der Waals surface area contributed by atoms with Crippen molar-refractivity contribution in [3.63, 3.8) is 0 Å². The molecule has 0 fully saturated rings. The van der Waals surface area contributed by atoms with Gasteiger partial charge in [0.2, 0.25) is 10.0 Å². The van der Waals surface area contributed by atoms with Crippen molar-refractivity contribution < 1.29 is 18.3 Å². The second kappa shape index (κ2) is 8.08. The number of ether oxygens (including phenoxy) is 1. The number of hydrogen-bond acceptors (Lipinski definition) is 6. The van der Waals surface area contributed by atoms with Gasteiger partial charge in [-0.3, -0.25) is 0 Å². The fourth-order valence-corrected chi connectivity index (χ4v) is 5.48. The van der Waals surface area contributed by atoms with Crippen molar-refractivity contribution in [1.82, 2.24) is 4.72 Å². The van der Waals surface area contributed by atoms with E-state index in [0.717, 1.165) is 9.75 Å². The summed E-state index contributed by atoms with van der Waals surface area (Å²) in [6.45, 7) is -0.129. The number of nitrogens with one attached hydrogen (secondary N) is 1. The van der Waals surface area contributed by atoms with Gasteiger partial charge in [0.25, 0.3) is 0 Å². The van der Waals surface area contributed by atoms with Crippen LogP contribution in [0.25, 0.3) is 9.75 Å². The maximum atomic E-state index is 12.4. The fourth-order valence-electron chi connectivity index (χ4n) is 2.27. The first-order valence-electron chi connectivity index (χ1n) is 7.55. The summed E-state index contributed by atoms with van der Waals surface area (Å²) in [7, 11) is -2.34. The molecule has 2 aromatic heterocycles. The number of aliphatic hydroxyl groups excluding tert-OH is 1. The number of methoxy groups -OCH3 is 1. The number of rotatable bonds is 7. The van der Waals surface area contributed by atoms with Gasteiger partial charge in [0.05, 0.1) is 17.0 Å². The van der Waals surface area contributed by atoms with Crippen molar-refractivity contribution in [1.29, 1.82) is 0 Å². The highest BCUT2D eigenvalue weighted by atomic mass is 35.5. The van der Waals surface area contributed by atoms with E-state index < -0.39 is 16.1 Å². The fraction of sp³-hybridized carbons (Fsp3) is 0.176. The maximum absolute atomic E-state index is 12.4. The molecule has 0 saturated carbocycles. The standard InChI is InChI=1S/C17H16ClNO4S3/c1-23-14-5-4-11(9-12(14)18)26(21,22)19-10-13(20)15-6-7-17(25-15)16-3-2-8-24-16/h2-9,13,19-20H,10H2,1H3. The highest BCUT2D eigenvalue weighted by Crippen LogP contribution is 2.34. The molecule has 3 rings (SSSR count). The molecular formula is C17H16ClNO4S3. The number of thiophene rings is 2. The summed E-state index contributed by atoms with van der Waals surface area (Å²) in [6, 6.07) is 11.9. The zero-order chi connectivity index (χ0) is 18.7. The van der Waals surface area contributed by atoms with Crippen LogP contribution in [-0.4, -0.2) is 27.2 Å². The summed E-state index contributed by atoms with van der Waals surface area (Å²) in [6.07, 6.45) is -0.933. The van der Waals surface area contributed by atoms with E-state index in [1.165, 1.54) is 36.6 Å². The van der Waals surface area contributed by atoms with E-state index in [-0.39, 0.29) is 16.5 Å². The molecule has 0 bridgehead atoms. The zero-order valence-electron chi connectivity index (χ0n) is 13.7. The van der Waals surface area contributed by atoms with Crippen LogP contribution in [0.1, 0.15) is 11.0 Å². The van der Waals surface area contributed by atoms with E-state index in [1.54, 1.807) is 11.3 Å². The summed E-state index contributed by atoms with van der Waals surface area (Å²) in [5.74, 6) is 0.394. The molecule has 0 spiro atoms. The Morgan fingerprint density at radius 1 is 1.23 bits per heavy atom. The summed E-state index contributed by atoms with van der Waals surface area (Å²) in [4.78, 5) is 2.87. The van der Waals surface area contributed by atoms with Crippen LogP contribution in [0.5, 0.6) is 5.75 Å². The molecule has 0 aliphatic carbocycles. The van der Waals surface area contributed by atoms with Gasteiger partial charge in [0, 0.05) is 21.2 Å². The molecule has 26 heavy (non-hydrogen) atoms. The highest BCUT2D eigenvalue weighted by molar-refractivity contribution is 7.89. The third-order valence-electron chi connectivity index (χ3n) is 3.62. The topological polar surface area (TPSA) is 75.6 Å². The second-order valence-corrected chi connectivity index (χ2v) is 9.58. The molecule has 9 heteroatoms.